The third-order valence-corrected chi connectivity index (χ3v) is 5.66. The summed E-state index contributed by atoms with van der Waals surface area (Å²) in [5.74, 6) is 0.566. The number of aryl methyl sites for hydroxylation is 4. The van der Waals surface area contributed by atoms with Crippen LogP contribution in [0.1, 0.15) is 28.9 Å². The highest BCUT2D eigenvalue weighted by Crippen LogP contribution is 2.20. The van der Waals surface area contributed by atoms with Gasteiger partial charge in [0.2, 0.25) is 5.91 Å². The van der Waals surface area contributed by atoms with E-state index in [2.05, 4.69) is 15.4 Å². The van der Waals surface area contributed by atoms with Gasteiger partial charge in [0.15, 0.2) is 5.65 Å². The number of nitrogens with zero attached hydrogens (tertiary/aromatic N) is 4. The van der Waals surface area contributed by atoms with E-state index in [4.69, 9.17) is 4.74 Å². The van der Waals surface area contributed by atoms with E-state index in [1.807, 2.05) is 62.4 Å². The lowest BCUT2D eigenvalue weighted by Crippen LogP contribution is -2.27. The number of hydrogen-bond acceptors (Lipinski definition) is 5. The topological polar surface area (TPSA) is 91.0 Å². The first-order valence-corrected chi connectivity index (χ1v) is 10.8. The molecule has 8 nitrogen and oxygen atoms in total. The van der Waals surface area contributed by atoms with Crippen molar-refractivity contribution in [2.75, 3.05) is 7.11 Å². The number of benzene rings is 2. The molecule has 0 saturated carbocycles. The Morgan fingerprint density at radius 3 is 2.55 bits per heavy atom. The molecule has 0 radical (unpaired) electrons. The summed E-state index contributed by atoms with van der Waals surface area (Å²) >= 11 is 0. The maximum atomic E-state index is 13.0. The zero-order valence-corrected chi connectivity index (χ0v) is 19.3. The van der Waals surface area contributed by atoms with Crippen LogP contribution in [0, 0.1) is 13.8 Å². The van der Waals surface area contributed by atoms with Crippen molar-refractivity contribution >= 4 is 17.1 Å². The van der Waals surface area contributed by atoms with Gasteiger partial charge < -0.3 is 10.1 Å². The zero-order chi connectivity index (χ0) is 23.5. The number of fused-ring (bicyclic) bond motifs is 1. The number of amides is 1. The fourth-order valence-corrected chi connectivity index (χ4v) is 3.80. The maximum Gasteiger partial charge on any atom is 0.273 e. The molecule has 0 atom stereocenters. The SMILES string of the molecule is COc1ccccc1CNC(=O)CCc1nc2c(C)nn(-c3ccc(C)cc3)c2n(C)c1=O. The first kappa shape index (κ1) is 22.3. The molecule has 170 valence electrons. The largest absolute Gasteiger partial charge is 0.496 e. The highest BCUT2D eigenvalue weighted by molar-refractivity contribution is 5.77. The Labute approximate surface area is 191 Å². The second-order valence-corrected chi connectivity index (χ2v) is 8.02. The molecule has 2 aromatic carbocycles. The normalized spacial score (nSPS) is 11.0. The molecule has 4 rings (SSSR count). The van der Waals surface area contributed by atoms with Crippen molar-refractivity contribution in [1.82, 2.24) is 24.6 Å². The zero-order valence-electron chi connectivity index (χ0n) is 19.3. The molecule has 0 aliphatic rings. The monoisotopic (exact) mass is 445 g/mol. The van der Waals surface area contributed by atoms with Gasteiger partial charge >= 0.3 is 0 Å². The van der Waals surface area contributed by atoms with Gasteiger partial charge in [-0.1, -0.05) is 35.9 Å². The van der Waals surface area contributed by atoms with Gasteiger partial charge in [0.1, 0.15) is 17.0 Å². The molecule has 0 aliphatic heterocycles. The molecule has 2 aromatic heterocycles. The van der Waals surface area contributed by atoms with E-state index in [0.29, 0.717) is 23.4 Å². The van der Waals surface area contributed by atoms with E-state index in [-0.39, 0.29) is 24.3 Å². The first-order valence-electron chi connectivity index (χ1n) is 10.8. The van der Waals surface area contributed by atoms with Gasteiger partial charge in [-0.25, -0.2) is 9.67 Å². The number of carbonyl (C=O) groups excluding carboxylic acids is 1. The van der Waals surface area contributed by atoms with Crippen LogP contribution in [-0.4, -0.2) is 32.3 Å². The van der Waals surface area contributed by atoms with Gasteiger partial charge in [-0.05, 0) is 32.0 Å². The molecule has 8 heteroatoms. The lowest BCUT2D eigenvalue weighted by molar-refractivity contribution is -0.121. The second-order valence-electron chi connectivity index (χ2n) is 8.02. The minimum Gasteiger partial charge on any atom is -0.496 e. The summed E-state index contributed by atoms with van der Waals surface area (Å²) in [6.07, 6.45) is 0.406. The Balaban J connectivity index is 1.53. The van der Waals surface area contributed by atoms with Gasteiger partial charge in [-0.15, -0.1) is 0 Å². The first-order chi connectivity index (χ1) is 15.9. The highest BCUT2D eigenvalue weighted by Gasteiger charge is 2.18. The summed E-state index contributed by atoms with van der Waals surface area (Å²) in [5.41, 5.74) is 5.03. The van der Waals surface area contributed by atoms with E-state index in [0.717, 1.165) is 28.3 Å². The fraction of sp³-hybridized carbons (Fsp3) is 0.280. The molecule has 0 unspecified atom stereocenters. The predicted molar refractivity (Wildman–Crippen MR) is 127 cm³/mol. The lowest BCUT2D eigenvalue weighted by atomic mass is 10.2. The number of nitrogens with one attached hydrogen (secondary N) is 1. The number of hydrogen-bond donors (Lipinski definition) is 1. The Morgan fingerprint density at radius 1 is 1.09 bits per heavy atom. The van der Waals surface area contributed by atoms with Crippen molar-refractivity contribution in [2.24, 2.45) is 7.05 Å². The Bertz CT molecular complexity index is 1370. The molecule has 0 bridgehead atoms. The van der Waals surface area contributed by atoms with Crippen LogP contribution >= 0.6 is 0 Å². The third kappa shape index (κ3) is 4.50. The van der Waals surface area contributed by atoms with Crippen LogP contribution in [0.4, 0.5) is 0 Å². The van der Waals surface area contributed by atoms with Gasteiger partial charge in [-0.3, -0.25) is 14.2 Å². The second kappa shape index (κ2) is 9.28. The van der Waals surface area contributed by atoms with Crippen molar-refractivity contribution in [1.29, 1.82) is 0 Å². The van der Waals surface area contributed by atoms with E-state index in [1.165, 1.54) is 0 Å². The molecule has 2 heterocycles. The molecule has 1 N–H and O–H groups in total. The van der Waals surface area contributed by atoms with E-state index < -0.39 is 0 Å². The van der Waals surface area contributed by atoms with Crippen LogP contribution < -0.4 is 15.6 Å². The molecule has 0 saturated heterocycles. The van der Waals surface area contributed by atoms with E-state index >= 15 is 0 Å². The molecule has 0 spiro atoms. The molecule has 0 fully saturated rings. The minimum atomic E-state index is -0.228. The highest BCUT2D eigenvalue weighted by atomic mass is 16.5. The molecular weight excluding hydrogens is 418 g/mol. The average molecular weight is 446 g/mol. The summed E-state index contributed by atoms with van der Waals surface area (Å²) in [6.45, 7) is 4.25. The van der Waals surface area contributed by atoms with Crippen molar-refractivity contribution in [3.8, 4) is 11.4 Å². The Hall–Kier alpha value is -3.94. The van der Waals surface area contributed by atoms with Crippen molar-refractivity contribution in [2.45, 2.75) is 33.2 Å². The van der Waals surface area contributed by atoms with Gasteiger partial charge in [0, 0.05) is 32.0 Å². The van der Waals surface area contributed by atoms with Crippen LogP contribution in [-0.2, 0) is 24.8 Å². The predicted octanol–water partition coefficient (Wildman–Crippen LogP) is 2.99. The molecule has 33 heavy (non-hydrogen) atoms. The molecule has 0 aliphatic carbocycles. The Kier molecular flexibility index (Phi) is 6.26. The minimum absolute atomic E-state index is 0.156. The summed E-state index contributed by atoms with van der Waals surface area (Å²) in [6, 6.07) is 15.5. The number of aromatic nitrogens is 4. The lowest BCUT2D eigenvalue weighted by Gasteiger charge is -2.10. The third-order valence-electron chi connectivity index (χ3n) is 5.66. The summed E-state index contributed by atoms with van der Waals surface area (Å²) in [5, 5.41) is 7.50. The van der Waals surface area contributed by atoms with Crippen LogP contribution in [0.25, 0.3) is 16.9 Å². The Morgan fingerprint density at radius 2 is 1.82 bits per heavy atom. The summed E-state index contributed by atoms with van der Waals surface area (Å²) in [7, 11) is 3.31. The molecule has 4 aromatic rings. The van der Waals surface area contributed by atoms with Gasteiger partial charge in [-0.2, -0.15) is 5.10 Å². The molecular formula is C25H27N5O3. The van der Waals surface area contributed by atoms with Gasteiger partial charge in [0.25, 0.3) is 5.56 Å². The molecule has 1 amide bonds. The smallest absolute Gasteiger partial charge is 0.273 e. The number of rotatable bonds is 7. The standard InChI is InChI=1S/C25H27N5O3/c1-16-9-11-19(12-10-16)30-24-23(17(2)28-30)27-20(25(32)29(24)3)13-14-22(31)26-15-18-7-5-6-8-21(18)33-4/h5-12H,13-15H2,1-4H3,(H,26,31). The van der Waals surface area contributed by atoms with Crippen LogP contribution in [0.2, 0.25) is 0 Å². The summed E-state index contributed by atoms with van der Waals surface area (Å²) in [4.78, 5) is 30.0. The number of para-hydroxylation sites is 1. The quantitative estimate of drug-likeness (QED) is 0.472. The maximum absolute atomic E-state index is 13.0. The average Bonchev–Trinajstić information content (AvgIpc) is 3.15. The van der Waals surface area contributed by atoms with E-state index in [9.17, 15) is 9.59 Å². The van der Waals surface area contributed by atoms with E-state index in [1.54, 1.807) is 23.4 Å². The van der Waals surface area contributed by atoms with Crippen LogP contribution in [0.15, 0.2) is 53.3 Å². The fourth-order valence-electron chi connectivity index (χ4n) is 3.80. The van der Waals surface area contributed by atoms with Gasteiger partial charge in [0.05, 0.1) is 18.5 Å². The number of methoxy groups -OCH3 is 1. The van der Waals surface area contributed by atoms with Crippen molar-refractivity contribution < 1.29 is 9.53 Å². The summed E-state index contributed by atoms with van der Waals surface area (Å²) < 4.78 is 8.61. The number of carbonyl (C=O) groups is 1. The van der Waals surface area contributed by atoms with Crippen LogP contribution in [0.5, 0.6) is 5.75 Å². The van der Waals surface area contributed by atoms with Crippen LogP contribution in [0.3, 0.4) is 0 Å². The van der Waals surface area contributed by atoms with Crippen molar-refractivity contribution in [3.05, 3.63) is 81.4 Å². The van der Waals surface area contributed by atoms with Crippen molar-refractivity contribution in [3.63, 3.8) is 0 Å². The number of ether oxygens (including phenoxy) is 1.